The van der Waals surface area contributed by atoms with Gasteiger partial charge in [-0.05, 0) is 42.8 Å². The average molecular weight is 390 g/mol. The number of carboxylic acids is 1. The molecule has 27 heavy (non-hydrogen) atoms. The molecule has 0 aromatic heterocycles. The van der Waals surface area contributed by atoms with Crippen molar-refractivity contribution in [2.24, 2.45) is 0 Å². The van der Waals surface area contributed by atoms with Gasteiger partial charge >= 0.3 is 5.97 Å². The lowest BCUT2D eigenvalue weighted by Gasteiger charge is -2.20. The van der Waals surface area contributed by atoms with Gasteiger partial charge in [0.25, 0.3) is 15.9 Å². The molecule has 0 aliphatic heterocycles. The monoisotopic (exact) mass is 390 g/mol. The van der Waals surface area contributed by atoms with Gasteiger partial charge in [0.05, 0.1) is 10.6 Å². The number of anilines is 1. The summed E-state index contributed by atoms with van der Waals surface area (Å²) in [5, 5.41) is 8.65. The van der Waals surface area contributed by atoms with E-state index in [2.05, 4.69) is 0 Å². The van der Waals surface area contributed by atoms with Gasteiger partial charge < -0.3 is 10.0 Å². The molecule has 0 aliphatic carbocycles. The van der Waals surface area contributed by atoms with Gasteiger partial charge in [-0.15, -0.1) is 0 Å². The summed E-state index contributed by atoms with van der Waals surface area (Å²) < 4.78 is 26.6. The zero-order valence-corrected chi connectivity index (χ0v) is 16.0. The number of sulfonamides is 1. The van der Waals surface area contributed by atoms with Crippen molar-refractivity contribution < 1.29 is 23.1 Å². The highest BCUT2D eigenvalue weighted by molar-refractivity contribution is 7.92. The Morgan fingerprint density at radius 1 is 0.963 bits per heavy atom. The van der Waals surface area contributed by atoms with Gasteiger partial charge in [-0.25, -0.2) is 8.42 Å². The second-order valence-electron chi connectivity index (χ2n) is 6.06. The zero-order chi connectivity index (χ0) is 20.0. The second kappa shape index (κ2) is 8.68. The van der Waals surface area contributed by atoms with Gasteiger partial charge in [0, 0.05) is 32.6 Å². The summed E-state index contributed by atoms with van der Waals surface area (Å²) in [6.07, 6.45) is 0.340. The third-order valence-electron chi connectivity index (χ3n) is 4.11. The molecule has 144 valence electrons. The van der Waals surface area contributed by atoms with E-state index in [1.165, 1.54) is 40.5 Å². The molecule has 0 radical (unpaired) electrons. The number of amides is 1. The summed E-state index contributed by atoms with van der Waals surface area (Å²) in [6.45, 7) is 0.307. The molecule has 1 N–H and O–H groups in total. The molecule has 0 spiro atoms. The van der Waals surface area contributed by atoms with Crippen LogP contribution in [0.3, 0.4) is 0 Å². The van der Waals surface area contributed by atoms with E-state index in [4.69, 9.17) is 5.11 Å². The molecule has 2 aromatic rings. The standard InChI is InChI=1S/C19H22N2O5S/c1-20(14-6-9-18(22)23)19(24)15-10-12-17(13-11-15)27(25,26)21(2)16-7-4-3-5-8-16/h3-5,7-8,10-13H,6,9,14H2,1-2H3,(H,22,23). The molecule has 0 saturated heterocycles. The highest BCUT2D eigenvalue weighted by Crippen LogP contribution is 2.22. The maximum Gasteiger partial charge on any atom is 0.303 e. The molecule has 2 aromatic carbocycles. The number of rotatable bonds is 8. The molecule has 0 fully saturated rings. The van der Waals surface area contributed by atoms with Crippen molar-refractivity contribution in [1.29, 1.82) is 0 Å². The van der Waals surface area contributed by atoms with Crippen LogP contribution < -0.4 is 4.31 Å². The summed E-state index contributed by atoms with van der Waals surface area (Å²) in [6, 6.07) is 14.4. The highest BCUT2D eigenvalue weighted by Gasteiger charge is 2.22. The predicted molar refractivity (Wildman–Crippen MR) is 102 cm³/mol. The van der Waals surface area contributed by atoms with Crippen LogP contribution in [0.25, 0.3) is 0 Å². The van der Waals surface area contributed by atoms with E-state index in [1.54, 1.807) is 37.4 Å². The number of aliphatic carboxylic acids is 1. The largest absolute Gasteiger partial charge is 0.481 e. The maximum absolute atomic E-state index is 12.7. The van der Waals surface area contributed by atoms with Crippen LogP contribution in [0.2, 0.25) is 0 Å². The summed E-state index contributed by atoms with van der Waals surface area (Å²) in [5.74, 6) is -1.20. The van der Waals surface area contributed by atoms with E-state index in [1.807, 2.05) is 0 Å². The van der Waals surface area contributed by atoms with Crippen LogP contribution in [-0.4, -0.2) is 50.9 Å². The van der Waals surface area contributed by atoms with Crippen LogP contribution in [0, 0.1) is 0 Å². The van der Waals surface area contributed by atoms with E-state index >= 15 is 0 Å². The van der Waals surface area contributed by atoms with E-state index < -0.39 is 16.0 Å². The third kappa shape index (κ3) is 5.07. The van der Waals surface area contributed by atoms with Crippen molar-refractivity contribution in [1.82, 2.24) is 4.90 Å². The SMILES string of the molecule is CN(CCCC(=O)O)C(=O)c1ccc(S(=O)(=O)N(C)c2ccccc2)cc1. The first-order valence-electron chi connectivity index (χ1n) is 8.35. The fourth-order valence-electron chi connectivity index (χ4n) is 2.49. The lowest BCUT2D eigenvalue weighted by molar-refractivity contribution is -0.137. The average Bonchev–Trinajstić information content (AvgIpc) is 2.67. The minimum atomic E-state index is -3.74. The molecule has 1 amide bonds. The number of carbonyl (C=O) groups excluding carboxylic acids is 1. The molecule has 7 nitrogen and oxygen atoms in total. The number of nitrogens with zero attached hydrogens (tertiary/aromatic N) is 2. The van der Waals surface area contributed by atoms with Gasteiger partial charge in [0.1, 0.15) is 0 Å². The Balaban J connectivity index is 2.12. The van der Waals surface area contributed by atoms with Gasteiger partial charge in [-0.2, -0.15) is 0 Å². The molecule has 0 bridgehead atoms. The van der Waals surface area contributed by atoms with Crippen molar-refractivity contribution in [3.05, 3.63) is 60.2 Å². The molecular formula is C19H22N2O5S. The molecule has 0 heterocycles. The zero-order valence-electron chi connectivity index (χ0n) is 15.2. The third-order valence-corrected chi connectivity index (χ3v) is 5.91. The maximum atomic E-state index is 12.7. The highest BCUT2D eigenvalue weighted by atomic mass is 32.2. The Morgan fingerprint density at radius 2 is 1.56 bits per heavy atom. The first kappa shape index (κ1) is 20.4. The number of hydrogen-bond donors (Lipinski definition) is 1. The molecule has 0 aliphatic rings. The van der Waals surface area contributed by atoms with Crippen LogP contribution >= 0.6 is 0 Å². The van der Waals surface area contributed by atoms with Crippen molar-refractivity contribution in [2.75, 3.05) is 24.9 Å². The van der Waals surface area contributed by atoms with Crippen LogP contribution in [0.4, 0.5) is 5.69 Å². The normalized spacial score (nSPS) is 11.0. The van der Waals surface area contributed by atoms with E-state index in [0.29, 0.717) is 24.2 Å². The van der Waals surface area contributed by atoms with Crippen molar-refractivity contribution in [3.63, 3.8) is 0 Å². The van der Waals surface area contributed by atoms with Crippen LogP contribution in [-0.2, 0) is 14.8 Å². The first-order valence-corrected chi connectivity index (χ1v) is 9.79. The molecule has 0 unspecified atom stereocenters. The van der Waals surface area contributed by atoms with Gasteiger partial charge in [0.2, 0.25) is 0 Å². The number of para-hydroxylation sites is 1. The summed E-state index contributed by atoms with van der Waals surface area (Å²) >= 11 is 0. The first-order chi connectivity index (χ1) is 12.7. The summed E-state index contributed by atoms with van der Waals surface area (Å²) in [4.78, 5) is 24.4. The second-order valence-corrected chi connectivity index (χ2v) is 8.03. The lowest BCUT2D eigenvalue weighted by Crippen LogP contribution is -2.28. The minimum absolute atomic E-state index is 0.0133. The van der Waals surface area contributed by atoms with Gasteiger partial charge in [0.15, 0.2) is 0 Å². The van der Waals surface area contributed by atoms with Crippen LogP contribution in [0.15, 0.2) is 59.5 Å². The molecule has 0 atom stereocenters. The van der Waals surface area contributed by atoms with Crippen molar-refractivity contribution in [2.45, 2.75) is 17.7 Å². The number of carbonyl (C=O) groups is 2. The quantitative estimate of drug-likeness (QED) is 0.747. The fraction of sp³-hybridized carbons (Fsp3) is 0.263. The topological polar surface area (TPSA) is 95.0 Å². The molecule has 0 saturated carbocycles. The van der Waals surface area contributed by atoms with E-state index in [9.17, 15) is 18.0 Å². The Kier molecular flexibility index (Phi) is 6.57. The predicted octanol–water partition coefficient (Wildman–Crippen LogP) is 2.45. The number of hydrogen-bond acceptors (Lipinski definition) is 4. The Morgan fingerprint density at radius 3 is 2.11 bits per heavy atom. The smallest absolute Gasteiger partial charge is 0.303 e. The van der Waals surface area contributed by atoms with Crippen LogP contribution in [0.1, 0.15) is 23.2 Å². The van der Waals surface area contributed by atoms with E-state index in [0.717, 1.165) is 0 Å². The van der Waals surface area contributed by atoms with Crippen molar-refractivity contribution >= 4 is 27.6 Å². The molecule has 8 heteroatoms. The van der Waals surface area contributed by atoms with Crippen molar-refractivity contribution in [3.8, 4) is 0 Å². The summed E-state index contributed by atoms with van der Waals surface area (Å²) in [5.41, 5.74) is 0.880. The number of benzene rings is 2. The molecular weight excluding hydrogens is 368 g/mol. The lowest BCUT2D eigenvalue weighted by atomic mass is 10.2. The minimum Gasteiger partial charge on any atom is -0.481 e. The fourth-order valence-corrected chi connectivity index (χ4v) is 3.69. The van der Waals surface area contributed by atoms with Crippen LogP contribution in [0.5, 0.6) is 0 Å². The summed E-state index contributed by atoms with van der Waals surface area (Å²) in [7, 11) is -0.682. The Bertz CT molecular complexity index is 895. The van der Waals surface area contributed by atoms with Gasteiger partial charge in [-0.3, -0.25) is 13.9 Å². The van der Waals surface area contributed by atoms with E-state index in [-0.39, 0.29) is 17.2 Å². The molecule has 2 rings (SSSR count). The Labute approximate surface area is 158 Å². The number of carboxylic acid groups (broad SMARTS) is 1. The Hall–Kier alpha value is -2.87. The van der Waals surface area contributed by atoms with Gasteiger partial charge in [-0.1, -0.05) is 18.2 Å².